The Morgan fingerprint density at radius 1 is 1.67 bits per heavy atom. The lowest BCUT2D eigenvalue weighted by molar-refractivity contribution is -0.131. The molecule has 1 rings (SSSR count). The Morgan fingerprint density at radius 3 is 2.93 bits per heavy atom. The van der Waals surface area contributed by atoms with Gasteiger partial charge in [-0.25, -0.2) is 0 Å². The van der Waals surface area contributed by atoms with Crippen molar-refractivity contribution in [3.8, 4) is 0 Å². The molecule has 1 unspecified atom stereocenters. The smallest absolute Gasteiger partial charge is 0.239 e. The summed E-state index contributed by atoms with van der Waals surface area (Å²) in [5.41, 5.74) is 5.86. The molecule has 0 aliphatic carbocycles. The minimum Gasteiger partial charge on any atom is -0.344 e. The number of likely N-dealkylation sites (N-methyl/N-ethyl adjacent to an activating group) is 1. The topological polar surface area (TPSA) is 46.3 Å². The number of nitrogens with zero attached hydrogens (tertiary/aromatic N) is 1. The molecule has 1 aromatic heterocycles. The normalized spacial score (nSPS) is 12.5. The Balaban J connectivity index is 2.46. The lowest BCUT2D eigenvalue weighted by Gasteiger charge is -2.20. The Labute approximate surface area is 94.9 Å². The largest absolute Gasteiger partial charge is 0.344 e. The highest BCUT2D eigenvalue weighted by molar-refractivity contribution is 7.09. The first-order chi connectivity index (χ1) is 7.15. The van der Waals surface area contributed by atoms with Gasteiger partial charge in [-0.15, -0.1) is 11.3 Å². The number of carbonyl (C=O) groups excluding carboxylic acids is 1. The van der Waals surface area contributed by atoms with E-state index in [1.165, 1.54) is 4.88 Å². The van der Waals surface area contributed by atoms with Gasteiger partial charge in [0.1, 0.15) is 0 Å². The van der Waals surface area contributed by atoms with E-state index in [2.05, 4.69) is 6.92 Å². The Morgan fingerprint density at radius 2 is 2.40 bits per heavy atom. The lowest BCUT2D eigenvalue weighted by atomic mass is 10.1. The van der Waals surface area contributed by atoms with E-state index in [9.17, 15) is 4.79 Å². The first kappa shape index (κ1) is 12.2. The number of amides is 1. The number of hydrogen-bond donors (Lipinski definition) is 1. The second-order valence-corrected chi connectivity index (χ2v) is 4.68. The fourth-order valence-electron chi connectivity index (χ4n) is 1.46. The molecule has 1 amide bonds. The predicted octanol–water partition coefficient (Wildman–Crippen LogP) is 1.49. The van der Waals surface area contributed by atoms with Gasteiger partial charge in [-0.05, 0) is 17.9 Å². The van der Waals surface area contributed by atoms with Crippen molar-refractivity contribution in [1.29, 1.82) is 0 Å². The third-order valence-corrected chi connectivity index (χ3v) is 3.15. The van der Waals surface area contributed by atoms with Crippen LogP contribution in [0.15, 0.2) is 17.5 Å². The Bertz CT molecular complexity index is 298. The second kappa shape index (κ2) is 5.88. The van der Waals surface area contributed by atoms with E-state index in [0.717, 1.165) is 13.0 Å². The highest BCUT2D eigenvalue weighted by atomic mass is 32.1. The molecule has 1 aromatic rings. The van der Waals surface area contributed by atoms with Crippen molar-refractivity contribution < 1.29 is 4.79 Å². The highest BCUT2D eigenvalue weighted by Crippen LogP contribution is 2.11. The zero-order valence-electron chi connectivity index (χ0n) is 9.27. The molecule has 84 valence electrons. The van der Waals surface area contributed by atoms with E-state index >= 15 is 0 Å². The van der Waals surface area contributed by atoms with E-state index < -0.39 is 6.04 Å². The SMILES string of the molecule is CCCN(C)C(=O)C(N)Cc1cccs1. The van der Waals surface area contributed by atoms with Gasteiger partial charge in [-0.2, -0.15) is 0 Å². The first-order valence-corrected chi connectivity index (χ1v) is 6.06. The molecule has 0 saturated carbocycles. The standard InChI is InChI=1S/C11H18N2OS/c1-3-6-13(2)11(14)10(12)8-9-5-4-7-15-9/h4-5,7,10H,3,6,8,12H2,1-2H3. The second-order valence-electron chi connectivity index (χ2n) is 3.65. The molecule has 0 saturated heterocycles. The van der Waals surface area contributed by atoms with Crippen LogP contribution in [-0.2, 0) is 11.2 Å². The van der Waals surface area contributed by atoms with Crippen LogP contribution < -0.4 is 5.73 Å². The van der Waals surface area contributed by atoms with Crippen molar-refractivity contribution in [3.63, 3.8) is 0 Å². The number of rotatable bonds is 5. The summed E-state index contributed by atoms with van der Waals surface area (Å²) in [5.74, 6) is 0.0326. The molecule has 0 fully saturated rings. The predicted molar refractivity (Wildman–Crippen MR) is 63.9 cm³/mol. The molecule has 2 N–H and O–H groups in total. The molecule has 15 heavy (non-hydrogen) atoms. The third-order valence-electron chi connectivity index (χ3n) is 2.25. The van der Waals surface area contributed by atoms with Crippen LogP contribution in [0.25, 0.3) is 0 Å². The zero-order chi connectivity index (χ0) is 11.3. The highest BCUT2D eigenvalue weighted by Gasteiger charge is 2.17. The van der Waals surface area contributed by atoms with Crippen molar-refractivity contribution in [3.05, 3.63) is 22.4 Å². The molecule has 0 aliphatic heterocycles. The molecule has 4 heteroatoms. The maximum Gasteiger partial charge on any atom is 0.239 e. The van der Waals surface area contributed by atoms with Crippen LogP contribution in [0.2, 0.25) is 0 Å². The summed E-state index contributed by atoms with van der Waals surface area (Å²) < 4.78 is 0. The summed E-state index contributed by atoms with van der Waals surface area (Å²) >= 11 is 1.64. The van der Waals surface area contributed by atoms with Crippen LogP contribution in [-0.4, -0.2) is 30.4 Å². The fraction of sp³-hybridized carbons (Fsp3) is 0.545. The average molecular weight is 226 g/mol. The summed E-state index contributed by atoms with van der Waals surface area (Å²) in [4.78, 5) is 14.6. The quantitative estimate of drug-likeness (QED) is 0.826. The summed E-state index contributed by atoms with van der Waals surface area (Å²) in [7, 11) is 1.81. The van der Waals surface area contributed by atoms with Crippen molar-refractivity contribution in [2.24, 2.45) is 5.73 Å². The Kier molecular flexibility index (Phi) is 4.78. The first-order valence-electron chi connectivity index (χ1n) is 5.18. The number of hydrogen-bond acceptors (Lipinski definition) is 3. The minimum absolute atomic E-state index is 0.0326. The van der Waals surface area contributed by atoms with Gasteiger partial charge >= 0.3 is 0 Å². The monoisotopic (exact) mass is 226 g/mol. The van der Waals surface area contributed by atoms with Gasteiger partial charge < -0.3 is 10.6 Å². The lowest BCUT2D eigenvalue weighted by Crippen LogP contribution is -2.43. The van der Waals surface area contributed by atoms with Crippen LogP contribution in [0.4, 0.5) is 0 Å². The minimum atomic E-state index is -0.403. The van der Waals surface area contributed by atoms with Crippen molar-refractivity contribution in [2.45, 2.75) is 25.8 Å². The summed E-state index contributed by atoms with van der Waals surface area (Å²) in [6, 6.07) is 3.59. The van der Waals surface area contributed by atoms with Crippen LogP contribution in [0.3, 0.4) is 0 Å². The van der Waals surface area contributed by atoms with Crippen LogP contribution in [0, 0.1) is 0 Å². The van der Waals surface area contributed by atoms with Crippen molar-refractivity contribution in [2.75, 3.05) is 13.6 Å². The molecular formula is C11H18N2OS. The number of nitrogens with two attached hydrogens (primary N) is 1. The van der Waals surface area contributed by atoms with Gasteiger partial charge in [-0.3, -0.25) is 4.79 Å². The van der Waals surface area contributed by atoms with Crippen molar-refractivity contribution >= 4 is 17.2 Å². The molecular weight excluding hydrogens is 208 g/mol. The van der Waals surface area contributed by atoms with Crippen LogP contribution in [0.5, 0.6) is 0 Å². The maximum atomic E-state index is 11.8. The third kappa shape index (κ3) is 3.64. The van der Waals surface area contributed by atoms with Gasteiger partial charge in [0.15, 0.2) is 0 Å². The van der Waals surface area contributed by atoms with Gasteiger partial charge in [0.25, 0.3) is 0 Å². The molecule has 1 heterocycles. The molecule has 0 aliphatic rings. The van der Waals surface area contributed by atoms with Crippen molar-refractivity contribution in [1.82, 2.24) is 4.90 Å². The molecule has 3 nitrogen and oxygen atoms in total. The molecule has 0 aromatic carbocycles. The molecule has 0 spiro atoms. The molecule has 1 atom stereocenters. The van der Waals surface area contributed by atoms with Gasteiger partial charge in [0, 0.05) is 24.9 Å². The van der Waals surface area contributed by atoms with E-state index in [1.807, 2.05) is 17.5 Å². The van der Waals surface area contributed by atoms with E-state index in [0.29, 0.717) is 6.42 Å². The summed E-state index contributed by atoms with van der Waals surface area (Å²) in [6.07, 6.45) is 1.61. The van der Waals surface area contributed by atoms with E-state index in [1.54, 1.807) is 23.3 Å². The Hall–Kier alpha value is -0.870. The number of thiophene rings is 1. The summed E-state index contributed by atoms with van der Waals surface area (Å²) in [5, 5.41) is 2.00. The van der Waals surface area contributed by atoms with Gasteiger partial charge in [0.05, 0.1) is 6.04 Å². The average Bonchev–Trinajstić information content (AvgIpc) is 2.69. The summed E-state index contributed by atoms with van der Waals surface area (Å²) in [6.45, 7) is 2.82. The van der Waals surface area contributed by atoms with Crippen LogP contribution >= 0.6 is 11.3 Å². The molecule has 0 bridgehead atoms. The fourth-order valence-corrected chi connectivity index (χ4v) is 2.23. The maximum absolute atomic E-state index is 11.8. The number of carbonyl (C=O) groups is 1. The van der Waals surface area contributed by atoms with Crippen LogP contribution in [0.1, 0.15) is 18.2 Å². The van der Waals surface area contributed by atoms with Gasteiger partial charge in [0.2, 0.25) is 5.91 Å². The van der Waals surface area contributed by atoms with E-state index in [-0.39, 0.29) is 5.91 Å². The van der Waals surface area contributed by atoms with Gasteiger partial charge in [-0.1, -0.05) is 13.0 Å². The zero-order valence-corrected chi connectivity index (χ0v) is 10.1. The molecule has 0 radical (unpaired) electrons. The van der Waals surface area contributed by atoms with E-state index in [4.69, 9.17) is 5.73 Å².